The Morgan fingerprint density at radius 3 is 2.82 bits per heavy atom. The number of nitrogens with zero attached hydrogens (tertiary/aromatic N) is 4. The summed E-state index contributed by atoms with van der Waals surface area (Å²) < 4.78 is 12.7. The Morgan fingerprint density at radius 2 is 2.09 bits per heavy atom. The van der Waals surface area contributed by atoms with Crippen LogP contribution in [0.3, 0.4) is 0 Å². The number of phenols is 1. The molecule has 1 amide bonds. The molecule has 4 rings (SSSR count). The minimum absolute atomic E-state index is 0.258. The van der Waals surface area contributed by atoms with Crippen molar-refractivity contribution in [2.75, 3.05) is 20.2 Å². The molecule has 0 spiro atoms. The summed E-state index contributed by atoms with van der Waals surface area (Å²) in [6.07, 6.45) is 2.97. The van der Waals surface area contributed by atoms with Crippen LogP contribution in [0, 0.1) is 5.92 Å². The van der Waals surface area contributed by atoms with Crippen LogP contribution in [-0.2, 0) is 19.5 Å². The average Bonchev–Trinajstić information content (AvgIpc) is 3.43. The third-order valence-corrected chi connectivity index (χ3v) is 5.90. The maximum absolute atomic E-state index is 12.7. The highest BCUT2D eigenvalue weighted by atomic mass is 16.5. The number of furan rings is 1. The van der Waals surface area contributed by atoms with Crippen LogP contribution in [0.4, 0.5) is 0 Å². The molecule has 9 nitrogen and oxygen atoms in total. The Bertz CT molecular complexity index is 1080. The van der Waals surface area contributed by atoms with Crippen LogP contribution < -0.4 is 10.1 Å². The van der Waals surface area contributed by atoms with Crippen LogP contribution in [0.5, 0.6) is 11.5 Å². The smallest absolute Gasteiger partial charge is 0.287 e. The molecule has 1 aliphatic rings. The van der Waals surface area contributed by atoms with Crippen molar-refractivity contribution in [3.05, 3.63) is 59.6 Å². The second kappa shape index (κ2) is 10.1. The van der Waals surface area contributed by atoms with Crippen LogP contribution in [0.1, 0.15) is 54.1 Å². The summed E-state index contributed by atoms with van der Waals surface area (Å²) in [4.78, 5) is 14.9. The number of rotatable bonds is 8. The maximum atomic E-state index is 12.7. The van der Waals surface area contributed by atoms with E-state index < -0.39 is 0 Å². The second-order valence-corrected chi connectivity index (χ2v) is 8.78. The largest absolute Gasteiger partial charge is 0.508 e. The summed E-state index contributed by atoms with van der Waals surface area (Å²) in [7, 11) is 1.62. The Kier molecular flexibility index (Phi) is 6.98. The van der Waals surface area contributed by atoms with Gasteiger partial charge in [-0.2, -0.15) is 0 Å². The van der Waals surface area contributed by atoms with Crippen LogP contribution >= 0.6 is 0 Å². The van der Waals surface area contributed by atoms with E-state index in [1.807, 2.05) is 6.07 Å². The number of benzene rings is 1. The molecule has 9 heteroatoms. The monoisotopic (exact) mass is 453 g/mol. The molecule has 3 aromatic rings. The number of carbonyl (C=O) groups excluding carboxylic acids is 1. The van der Waals surface area contributed by atoms with Gasteiger partial charge in [-0.25, -0.2) is 0 Å². The normalized spacial score (nSPS) is 15.2. The second-order valence-electron chi connectivity index (χ2n) is 8.78. The number of aromatic nitrogens is 3. The molecule has 2 aromatic heterocycles. The zero-order valence-corrected chi connectivity index (χ0v) is 19.3. The molecule has 1 unspecified atom stereocenters. The van der Waals surface area contributed by atoms with Gasteiger partial charge in [0.05, 0.1) is 19.4 Å². The number of hydrogen-bond donors (Lipinski definition) is 2. The maximum Gasteiger partial charge on any atom is 0.287 e. The average molecular weight is 454 g/mol. The number of nitrogens with one attached hydrogen (secondary N) is 1. The van der Waals surface area contributed by atoms with E-state index in [1.165, 1.54) is 6.26 Å². The van der Waals surface area contributed by atoms with Gasteiger partial charge >= 0.3 is 0 Å². The molecule has 0 bridgehead atoms. The molecule has 0 saturated carbocycles. The van der Waals surface area contributed by atoms with Gasteiger partial charge in [-0.3, -0.25) is 9.69 Å². The molecule has 0 radical (unpaired) electrons. The highest BCUT2D eigenvalue weighted by Gasteiger charge is 2.27. The van der Waals surface area contributed by atoms with Gasteiger partial charge in [0.2, 0.25) is 0 Å². The van der Waals surface area contributed by atoms with Gasteiger partial charge < -0.3 is 24.1 Å². The van der Waals surface area contributed by atoms with Crippen molar-refractivity contribution >= 4 is 5.91 Å². The van der Waals surface area contributed by atoms with E-state index in [0.717, 1.165) is 48.9 Å². The van der Waals surface area contributed by atoms with E-state index in [-0.39, 0.29) is 23.5 Å². The highest BCUT2D eigenvalue weighted by Crippen LogP contribution is 2.26. The van der Waals surface area contributed by atoms with E-state index >= 15 is 0 Å². The Labute approximate surface area is 193 Å². The van der Waals surface area contributed by atoms with Crippen LogP contribution in [0.15, 0.2) is 41.0 Å². The first-order valence-electron chi connectivity index (χ1n) is 11.3. The molecule has 2 N–H and O–H groups in total. The van der Waals surface area contributed by atoms with Crippen molar-refractivity contribution in [1.29, 1.82) is 0 Å². The van der Waals surface area contributed by atoms with Crippen molar-refractivity contribution < 1.29 is 19.1 Å². The molecular formula is C24H31N5O4. The molecule has 3 heterocycles. The van der Waals surface area contributed by atoms with Crippen LogP contribution in [-0.4, -0.2) is 50.9 Å². The number of carbonyl (C=O) groups is 1. The third-order valence-electron chi connectivity index (χ3n) is 5.90. The number of phenolic OH excluding ortho intramolecular Hbond substituents is 1. The summed E-state index contributed by atoms with van der Waals surface area (Å²) in [5, 5.41) is 22.3. The molecule has 33 heavy (non-hydrogen) atoms. The summed E-state index contributed by atoms with van der Waals surface area (Å²) in [5.74, 6) is 3.04. The lowest BCUT2D eigenvalue weighted by atomic mass is 10.0. The van der Waals surface area contributed by atoms with Gasteiger partial charge in [0, 0.05) is 38.2 Å². The molecule has 0 fully saturated rings. The standard InChI is InChI=1S/C24H31N5O4/c1-16(2)13-19(25-24(31)21-5-4-12-33-21)23-27-26-22-8-9-28(10-11-29(22)23)15-17-14-18(32-3)6-7-20(17)30/h4-7,12,14,16,19,30H,8-11,13,15H2,1-3H3,(H,25,31). The van der Waals surface area contributed by atoms with Crippen LogP contribution in [0.25, 0.3) is 0 Å². The first-order chi connectivity index (χ1) is 15.9. The predicted octanol–water partition coefficient (Wildman–Crippen LogP) is 3.16. The summed E-state index contributed by atoms with van der Waals surface area (Å²) in [6, 6.07) is 8.37. The Balaban J connectivity index is 1.50. The fourth-order valence-electron chi connectivity index (χ4n) is 4.20. The van der Waals surface area contributed by atoms with Crippen LogP contribution in [0.2, 0.25) is 0 Å². The summed E-state index contributed by atoms with van der Waals surface area (Å²) in [6.45, 7) is 7.12. The number of hydrogen-bond acceptors (Lipinski definition) is 7. The topological polar surface area (TPSA) is 106 Å². The van der Waals surface area contributed by atoms with Crippen molar-refractivity contribution in [1.82, 2.24) is 25.0 Å². The van der Waals surface area contributed by atoms with Crippen molar-refractivity contribution in [2.45, 2.75) is 45.8 Å². The zero-order chi connectivity index (χ0) is 23.4. The first kappa shape index (κ1) is 22.8. The fourth-order valence-corrected chi connectivity index (χ4v) is 4.20. The predicted molar refractivity (Wildman–Crippen MR) is 122 cm³/mol. The molecular weight excluding hydrogens is 422 g/mol. The molecule has 1 aromatic carbocycles. The minimum atomic E-state index is -0.266. The lowest BCUT2D eigenvalue weighted by Crippen LogP contribution is -2.32. The number of methoxy groups -OCH3 is 1. The first-order valence-corrected chi connectivity index (χ1v) is 11.3. The van der Waals surface area contributed by atoms with Gasteiger partial charge in [0.15, 0.2) is 11.6 Å². The van der Waals surface area contributed by atoms with E-state index in [4.69, 9.17) is 9.15 Å². The van der Waals surface area contributed by atoms with Gasteiger partial charge in [0.1, 0.15) is 17.3 Å². The summed E-state index contributed by atoms with van der Waals surface area (Å²) >= 11 is 0. The molecule has 176 valence electrons. The molecule has 0 saturated heterocycles. The number of ether oxygens (including phenoxy) is 1. The Morgan fingerprint density at radius 1 is 1.24 bits per heavy atom. The lowest BCUT2D eigenvalue weighted by Gasteiger charge is -2.22. The van der Waals surface area contributed by atoms with Crippen molar-refractivity contribution in [2.24, 2.45) is 5.92 Å². The quantitative estimate of drug-likeness (QED) is 0.540. The number of aromatic hydroxyl groups is 1. The number of amides is 1. The highest BCUT2D eigenvalue weighted by molar-refractivity contribution is 5.91. The molecule has 0 aliphatic carbocycles. The lowest BCUT2D eigenvalue weighted by molar-refractivity contribution is 0.0900. The van der Waals surface area contributed by atoms with E-state index in [1.54, 1.807) is 31.4 Å². The van der Waals surface area contributed by atoms with Gasteiger partial charge in [-0.15, -0.1) is 10.2 Å². The summed E-state index contributed by atoms with van der Waals surface area (Å²) in [5.41, 5.74) is 0.829. The van der Waals surface area contributed by atoms with E-state index in [0.29, 0.717) is 19.0 Å². The van der Waals surface area contributed by atoms with Gasteiger partial charge in [-0.1, -0.05) is 13.8 Å². The fraction of sp³-hybridized carbons (Fsp3) is 0.458. The SMILES string of the molecule is COc1ccc(O)c(CN2CCc3nnc(C(CC(C)C)NC(=O)c4ccco4)n3CC2)c1. The zero-order valence-electron chi connectivity index (χ0n) is 19.3. The number of fused-ring (bicyclic) bond motifs is 1. The minimum Gasteiger partial charge on any atom is -0.508 e. The Hall–Kier alpha value is -3.33. The third kappa shape index (κ3) is 5.36. The molecule has 1 atom stereocenters. The van der Waals surface area contributed by atoms with Crippen molar-refractivity contribution in [3.8, 4) is 11.5 Å². The van der Waals surface area contributed by atoms with Gasteiger partial charge in [0.25, 0.3) is 5.91 Å². The molecule has 1 aliphatic heterocycles. The van der Waals surface area contributed by atoms with E-state index in [9.17, 15) is 9.90 Å². The van der Waals surface area contributed by atoms with Crippen molar-refractivity contribution in [3.63, 3.8) is 0 Å². The van der Waals surface area contributed by atoms with E-state index in [2.05, 4.69) is 38.8 Å². The van der Waals surface area contributed by atoms with Gasteiger partial charge in [-0.05, 0) is 42.7 Å².